The molecule has 0 bridgehead atoms. The highest BCUT2D eigenvalue weighted by Crippen LogP contribution is 2.19. The van der Waals surface area contributed by atoms with E-state index in [2.05, 4.69) is 31.8 Å². The molecule has 0 atom stereocenters. The molecule has 0 aromatic carbocycles. The fraction of sp³-hybridized carbons (Fsp3) is 0.643. The first-order chi connectivity index (χ1) is 11.7. The fourth-order valence-electron chi connectivity index (χ4n) is 1.54. The minimum absolute atomic E-state index is 0.0692. The van der Waals surface area contributed by atoms with Crippen molar-refractivity contribution in [2.75, 3.05) is 27.9 Å². The molecule has 0 aliphatic carbocycles. The zero-order chi connectivity index (χ0) is 19.8. The van der Waals surface area contributed by atoms with Crippen molar-refractivity contribution in [1.82, 2.24) is 0 Å². The van der Waals surface area contributed by atoms with Crippen molar-refractivity contribution in [3.8, 4) is 0 Å². The van der Waals surface area contributed by atoms with Crippen LogP contribution in [0.2, 0.25) is 6.82 Å². The molecule has 132 valence electrons. The van der Waals surface area contributed by atoms with Gasteiger partial charge in [-0.15, -0.1) is 0 Å². The number of esters is 3. The van der Waals surface area contributed by atoms with Crippen LogP contribution in [0.5, 0.6) is 0 Å². The third kappa shape index (κ3) is 10.8. The summed E-state index contributed by atoms with van der Waals surface area (Å²) in [6.45, 7) is 1.68. The molecule has 7 nitrogen and oxygen atoms in total. The summed E-state index contributed by atoms with van der Waals surface area (Å²) in [6.07, 6.45) is 0.849. The van der Waals surface area contributed by atoms with Gasteiger partial charge >= 0.3 is 17.9 Å². The number of ether oxygens (including phenoxy) is 3. The SMILES string of the molecule is [2H]B(C)S.[3H]OCCCC/C(C(=O)OC)=C(\CC(=O)OC)C(=O)OC. The van der Waals surface area contributed by atoms with Gasteiger partial charge in [0.25, 0.3) is 0 Å². The van der Waals surface area contributed by atoms with E-state index >= 15 is 0 Å². The van der Waals surface area contributed by atoms with Crippen LogP contribution in [-0.4, -0.2) is 60.2 Å². The quantitative estimate of drug-likeness (QED) is 0.157. The summed E-state index contributed by atoms with van der Waals surface area (Å²) >= 11 is 3.63. The van der Waals surface area contributed by atoms with Crippen LogP contribution in [0.4, 0.5) is 0 Å². The smallest absolute Gasteiger partial charge is 0.334 e. The van der Waals surface area contributed by atoms with Gasteiger partial charge in [-0.05, 0) is 20.6 Å². The van der Waals surface area contributed by atoms with Crippen LogP contribution in [0.15, 0.2) is 11.1 Å². The fourth-order valence-corrected chi connectivity index (χ4v) is 1.54. The molecule has 0 unspecified atom stereocenters. The third-order valence-electron chi connectivity index (χ3n) is 2.60. The van der Waals surface area contributed by atoms with Crippen molar-refractivity contribution < 1.29 is 33.7 Å². The number of hydrogen-bond acceptors (Lipinski definition) is 8. The van der Waals surface area contributed by atoms with E-state index in [0.717, 1.165) is 7.11 Å². The molecule has 0 saturated heterocycles. The molecule has 0 aromatic rings. The Labute approximate surface area is 145 Å². The van der Waals surface area contributed by atoms with Crippen molar-refractivity contribution in [3.63, 3.8) is 0 Å². The maximum Gasteiger partial charge on any atom is 0.334 e. The number of carbonyl (C=O) groups excluding carboxylic acids is 3. The zero-order valence-electron chi connectivity index (χ0n) is 15.9. The van der Waals surface area contributed by atoms with Crippen LogP contribution in [-0.2, 0) is 28.6 Å². The maximum absolute atomic E-state index is 11.8. The standard InChI is InChI=1S/C13H20O7.CH5BS/c1-18-11(15)8-10(13(17)20-3)9(12(16)19-2)6-4-5-7-14;1-2-3/h14H,4-8H2,1-3H3;2-3H,1H3/b10-9-;/i14T;2D. The zero-order valence-corrected chi connectivity index (χ0v) is 14.8. The average Bonchev–Trinajstić information content (AvgIpc) is 2.58. The Bertz CT molecular complexity index is 456. The van der Waals surface area contributed by atoms with Crippen molar-refractivity contribution in [2.45, 2.75) is 32.5 Å². The van der Waals surface area contributed by atoms with Gasteiger partial charge in [-0.2, -0.15) is 0 Å². The number of thiol groups is 1. The number of rotatable bonds is 9. The summed E-state index contributed by atoms with van der Waals surface area (Å²) in [4.78, 5) is 34.9. The van der Waals surface area contributed by atoms with E-state index in [1.54, 1.807) is 6.82 Å². The number of methoxy groups -OCH3 is 3. The van der Waals surface area contributed by atoms with E-state index in [9.17, 15) is 14.4 Å². The number of unbranched alkanes of at least 4 members (excludes halogenated alkanes) is 1. The number of aliphatic hydroxyl groups excluding tert-OH is 1. The molecule has 0 fully saturated rings. The van der Waals surface area contributed by atoms with Gasteiger partial charge in [0.1, 0.15) is 0 Å². The minimum atomic E-state index is -0.780. The van der Waals surface area contributed by atoms with Gasteiger partial charge in [0.15, 0.2) is 6.52 Å². The lowest BCUT2D eigenvalue weighted by atomic mass is 9.99. The van der Waals surface area contributed by atoms with Crippen LogP contribution in [0.25, 0.3) is 0 Å². The van der Waals surface area contributed by atoms with Gasteiger partial charge in [0.05, 0.1) is 33.3 Å². The maximum atomic E-state index is 11.8. The van der Waals surface area contributed by atoms with E-state index in [0.29, 0.717) is 12.8 Å². The van der Waals surface area contributed by atoms with Gasteiger partial charge in [0.2, 0.25) is 1.43 Å². The molecule has 0 amide bonds. The highest BCUT2D eigenvalue weighted by molar-refractivity contribution is 8.06. The van der Waals surface area contributed by atoms with Crippen LogP contribution in [0.1, 0.15) is 25.7 Å². The third-order valence-corrected chi connectivity index (χ3v) is 2.60. The van der Waals surface area contributed by atoms with Gasteiger partial charge in [0, 0.05) is 12.2 Å². The van der Waals surface area contributed by atoms with Crippen molar-refractivity contribution in [1.29, 1.82) is 2.77 Å². The molecule has 0 aliphatic heterocycles. The molecule has 0 aliphatic rings. The monoisotopic (exact) mass is 351 g/mol. The highest BCUT2D eigenvalue weighted by atomic mass is 32.1. The van der Waals surface area contributed by atoms with Crippen molar-refractivity contribution in [2.24, 2.45) is 0 Å². The molecule has 0 spiro atoms. The first-order valence-corrected chi connectivity index (χ1v) is 7.40. The Morgan fingerprint density at radius 3 is 2.09 bits per heavy atom. The summed E-state index contributed by atoms with van der Waals surface area (Å²) in [5.41, 5.74) is -0.0114. The Morgan fingerprint density at radius 1 is 1.13 bits per heavy atom. The average molecular weight is 351 g/mol. The van der Waals surface area contributed by atoms with E-state index in [-0.39, 0.29) is 37.1 Å². The molecular formula is C14H25BO7S. The molecule has 1 N–H and O–H groups in total. The molecule has 0 aromatic heterocycles. The molecule has 9 heteroatoms. The predicted octanol–water partition coefficient (Wildman–Crippen LogP) is 0.670. The van der Waals surface area contributed by atoms with Gasteiger partial charge in [-0.3, -0.25) is 4.79 Å². The molecule has 0 saturated carbocycles. The predicted molar refractivity (Wildman–Crippen MR) is 90.6 cm³/mol. The first-order valence-electron chi connectivity index (χ1n) is 7.87. The second kappa shape index (κ2) is 15.4. The van der Waals surface area contributed by atoms with Crippen LogP contribution in [0.3, 0.4) is 0 Å². The molecule has 0 heterocycles. The molecule has 0 radical (unpaired) electrons. The number of aliphatic hydroxyl groups is 1. The lowest BCUT2D eigenvalue weighted by molar-refractivity contribution is -0.143. The Morgan fingerprint density at radius 2 is 1.65 bits per heavy atom. The summed E-state index contributed by atoms with van der Waals surface area (Å²) in [6, 6.07) is 0. The minimum Gasteiger partial charge on any atom is -0.469 e. The molecule has 0 rings (SSSR count). The highest BCUT2D eigenvalue weighted by Gasteiger charge is 2.24. The van der Waals surface area contributed by atoms with Crippen LogP contribution < -0.4 is 0 Å². The second-order valence-electron chi connectivity index (χ2n) is 4.11. The van der Waals surface area contributed by atoms with Gasteiger partial charge in [-0.25, -0.2) is 22.1 Å². The number of carbonyl (C=O) groups is 3. The van der Waals surface area contributed by atoms with E-state index in [1.165, 1.54) is 14.2 Å². The summed E-state index contributed by atoms with van der Waals surface area (Å²) < 4.78 is 26.8. The van der Waals surface area contributed by atoms with E-state index in [1.807, 2.05) is 0 Å². The molecular weight excluding hydrogens is 323 g/mol. The normalized spacial score (nSPS) is 11.7. The lowest BCUT2D eigenvalue weighted by Gasteiger charge is -2.11. The van der Waals surface area contributed by atoms with E-state index in [4.69, 9.17) is 2.77 Å². The van der Waals surface area contributed by atoms with Crippen molar-refractivity contribution >= 4 is 36.9 Å². The summed E-state index contributed by atoms with van der Waals surface area (Å²) in [5, 5.41) is 4.17. The summed E-state index contributed by atoms with van der Waals surface area (Å²) in [7, 11) is 3.52. The van der Waals surface area contributed by atoms with Crippen LogP contribution in [0, 0.1) is 0 Å². The Kier molecular flexibility index (Phi) is 13.1. The van der Waals surface area contributed by atoms with Crippen molar-refractivity contribution in [3.05, 3.63) is 11.1 Å². The Hall–Kier alpha value is -1.48. The largest absolute Gasteiger partial charge is 0.469 e. The van der Waals surface area contributed by atoms with Gasteiger partial charge in [-0.1, -0.05) is 6.82 Å². The summed E-state index contributed by atoms with van der Waals surface area (Å²) in [5.74, 6) is -2.14. The Balaban J connectivity index is 0. The lowest BCUT2D eigenvalue weighted by Crippen LogP contribution is -2.18. The first kappa shape index (κ1) is 19.6. The topological polar surface area (TPSA) is 99.1 Å². The second-order valence-corrected chi connectivity index (χ2v) is 4.63. The van der Waals surface area contributed by atoms with Gasteiger partial charge < -0.3 is 19.3 Å². The molecule has 23 heavy (non-hydrogen) atoms. The number of hydrogen-bond donors (Lipinski definition) is 2. The van der Waals surface area contributed by atoms with Crippen LogP contribution >= 0.6 is 12.5 Å². The van der Waals surface area contributed by atoms with E-state index < -0.39 is 17.9 Å².